The highest BCUT2D eigenvalue weighted by Crippen LogP contribution is 2.29. The molecule has 0 atom stereocenters. The molecule has 4 aromatic rings. The molecule has 0 radical (unpaired) electrons. The molecule has 0 spiro atoms. The summed E-state index contributed by atoms with van der Waals surface area (Å²) >= 11 is 0. The number of imidazole rings is 1. The molecule has 0 fully saturated rings. The minimum absolute atomic E-state index is 0.161. The third-order valence-corrected chi connectivity index (χ3v) is 3.92. The number of nitrogens with zero attached hydrogens (tertiary/aromatic N) is 3. The second kappa shape index (κ2) is 6.72. The number of hydrogen-bond donors (Lipinski definition) is 1. The summed E-state index contributed by atoms with van der Waals surface area (Å²) < 4.78 is 12.1. The van der Waals surface area contributed by atoms with Crippen molar-refractivity contribution >= 4 is 17.0 Å². The molecule has 2 aromatic carbocycles. The molecule has 0 saturated heterocycles. The highest BCUT2D eigenvalue weighted by Gasteiger charge is 2.12. The van der Waals surface area contributed by atoms with E-state index < -0.39 is 5.97 Å². The van der Waals surface area contributed by atoms with Crippen molar-refractivity contribution in [3.8, 4) is 17.1 Å². The molecule has 2 aromatic heterocycles. The van der Waals surface area contributed by atoms with E-state index in [0.29, 0.717) is 5.75 Å². The Morgan fingerprint density at radius 3 is 2.77 bits per heavy atom. The van der Waals surface area contributed by atoms with Gasteiger partial charge < -0.3 is 14.5 Å². The summed E-state index contributed by atoms with van der Waals surface area (Å²) in [5.74, 6) is 0.922. The molecule has 7 heteroatoms. The number of aromatic amines is 1. The van der Waals surface area contributed by atoms with E-state index in [4.69, 9.17) is 4.74 Å². The molecule has 0 aliphatic rings. The number of benzene rings is 2. The molecule has 4 rings (SSSR count). The van der Waals surface area contributed by atoms with Crippen molar-refractivity contribution in [3.05, 3.63) is 66.5 Å². The quantitative estimate of drug-likeness (QED) is 0.560. The van der Waals surface area contributed by atoms with Gasteiger partial charge in [0.2, 0.25) is 0 Å². The number of carbonyl (C=O) groups excluding carboxylic acids is 1. The van der Waals surface area contributed by atoms with Crippen molar-refractivity contribution in [2.24, 2.45) is 0 Å². The molecule has 0 bridgehead atoms. The smallest absolute Gasteiger partial charge is 0.358 e. The van der Waals surface area contributed by atoms with Gasteiger partial charge in [0.25, 0.3) is 0 Å². The maximum absolute atomic E-state index is 11.5. The third-order valence-electron chi connectivity index (χ3n) is 3.92. The van der Waals surface area contributed by atoms with Crippen LogP contribution >= 0.6 is 0 Å². The second-order valence-electron chi connectivity index (χ2n) is 5.60. The van der Waals surface area contributed by atoms with Crippen molar-refractivity contribution in [1.82, 2.24) is 19.7 Å². The van der Waals surface area contributed by atoms with E-state index in [2.05, 4.69) is 19.8 Å². The van der Waals surface area contributed by atoms with Gasteiger partial charge in [0.15, 0.2) is 12.4 Å². The summed E-state index contributed by atoms with van der Waals surface area (Å²) in [6.07, 6.45) is 1.66. The van der Waals surface area contributed by atoms with Crippen molar-refractivity contribution < 1.29 is 14.3 Å². The predicted molar refractivity (Wildman–Crippen MR) is 95.7 cm³/mol. The fraction of sp³-hybridized carbons (Fsp3) is 0.105. The molecule has 0 aliphatic carbocycles. The van der Waals surface area contributed by atoms with Gasteiger partial charge in [-0.25, -0.2) is 14.5 Å². The molecule has 0 unspecified atom stereocenters. The zero-order valence-corrected chi connectivity index (χ0v) is 14.0. The number of esters is 1. The fourth-order valence-corrected chi connectivity index (χ4v) is 2.65. The molecule has 130 valence electrons. The highest BCUT2D eigenvalue weighted by atomic mass is 16.5. The topological polar surface area (TPSA) is 82.0 Å². The minimum atomic E-state index is -0.480. The van der Waals surface area contributed by atoms with Crippen LogP contribution in [-0.4, -0.2) is 32.8 Å². The van der Waals surface area contributed by atoms with Crippen LogP contribution in [0.25, 0.3) is 22.4 Å². The molecule has 2 heterocycles. The molecule has 0 amide bonds. The van der Waals surface area contributed by atoms with Crippen LogP contribution in [0.3, 0.4) is 0 Å². The molecule has 0 saturated carbocycles. The third kappa shape index (κ3) is 3.02. The van der Waals surface area contributed by atoms with E-state index in [9.17, 15) is 4.79 Å². The summed E-state index contributed by atoms with van der Waals surface area (Å²) in [5, 5.41) is 4.13. The van der Waals surface area contributed by atoms with E-state index in [-0.39, 0.29) is 12.4 Å². The molecule has 0 aliphatic heterocycles. The van der Waals surface area contributed by atoms with Gasteiger partial charge in [-0.2, -0.15) is 5.10 Å². The van der Waals surface area contributed by atoms with Crippen LogP contribution in [0.5, 0.6) is 5.75 Å². The first-order chi connectivity index (χ1) is 12.7. The standard InChI is InChI=1S/C19H16N4O3/c1-25-19(24)16-10-11-23(22-16)12-26-17-9-5-2-6-13(17)18-20-14-7-3-4-8-15(14)21-18/h2-11H,12H2,1H3,(H,20,21). The summed E-state index contributed by atoms with van der Waals surface area (Å²) in [6, 6.07) is 17.1. The lowest BCUT2D eigenvalue weighted by molar-refractivity contribution is 0.0592. The van der Waals surface area contributed by atoms with Gasteiger partial charge in [0.05, 0.1) is 23.7 Å². The van der Waals surface area contributed by atoms with Crippen LogP contribution in [0.1, 0.15) is 10.5 Å². The Hall–Kier alpha value is -3.61. The summed E-state index contributed by atoms with van der Waals surface area (Å²) in [7, 11) is 1.32. The number of para-hydroxylation sites is 3. The van der Waals surface area contributed by atoms with E-state index in [1.165, 1.54) is 11.8 Å². The average molecular weight is 348 g/mol. The minimum Gasteiger partial charge on any atom is -0.471 e. The fourth-order valence-electron chi connectivity index (χ4n) is 2.65. The monoisotopic (exact) mass is 348 g/mol. The van der Waals surface area contributed by atoms with Crippen molar-refractivity contribution in [2.75, 3.05) is 7.11 Å². The number of H-pyrrole nitrogens is 1. The number of hydrogen-bond acceptors (Lipinski definition) is 5. The van der Waals surface area contributed by atoms with Gasteiger partial charge in [-0.15, -0.1) is 0 Å². The zero-order valence-electron chi connectivity index (χ0n) is 14.0. The number of ether oxygens (including phenoxy) is 2. The van der Waals surface area contributed by atoms with E-state index >= 15 is 0 Å². The number of fused-ring (bicyclic) bond motifs is 1. The van der Waals surface area contributed by atoms with Gasteiger partial charge in [-0.1, -0.05) is 24.3 Å². The van der Waals surface area contributed by atoms with Crippen LogP contribution < -0.4 is 4.74 Å². The molecular weight excluding hydrogens is 332 g/mol. The highest BCUT2D eigenvalue weighted by molar-refractivity contribution is 5.86. The van der Waals surface area contributed by atoms with Crippen LogP contribution in [-0.2, 0) is 11.5 Å². The van der Waals surface area contributed by atoms with E-state index in [0.717, 1.165) is 22.4 Å². The Balaban J connectivity index is 1.58. The summed E-state index contributed by atoms with van der Waals surface area (Å²) in [4.78, 5) is 19.4. The van der Waals surface area contributed by atoms with Crippen LogP contribution in [0, 0.1) is 0 Å². The Kier molecular flexibility index (Phi) is 4.10. The molecule has 7 nitrogen and oxygen atoms in total. The normalized spacial score (nSPS) is 10.8. The maximum Gasteiger partial charge on any atom is 0.358 e. The lowest BCUT2D eigenvalue weighted by Crippen LogP contribution is -2.09. The first-order valence-corrected chi connectivity index (χ1v) is 8.03. The Labute approximate surface area is 149 Å². The first kappa shape index (κ1) is 15.9. The van der Waals surface area contributed by atoms with Crippen LogP contribution in [0.15, 0.2) is 60.8 Å². The van der Waals surface area contributed by atoms with Gasteiger partial charge in [0.1, 0.15) is 11.6 Å². The molecular formula is C19H16N4O3. The van der Waals surface area contributed by atoms with Crippen molar-refractivity contribution in [2.45, 2.75) is 6.73 Å². The lowest BCUT2D eigenvalue weighted by Gasteiger charge is -2.10. The average Bonchev–Trinajstić information content (AvgIpc) is 3.32. The van der Waals surface area contributed by atoms with Gasteiger partial charge in [-0.3, -0.25) is 0 Å². The van der Waals surface area contributed by atoms with E-state index in [1.807, 2.05) is 48.5 Å². The Morgan fingerprint density at radius 2 is 1.92 bits per heavy atom. The number of aromatic nitrogens is 4. The van der Waals surface area contributed by atoms with Crippen molar-refractivity contribution in [3.63, 3.8) is 0 Å². The van der Waals surface area contributed by atoms with Crippen LogP contribution in [0.4, 0.5) is 0 Å². The first-order valence-electron chi connectivity index (χ1n) is 8.03. The number of rotatable bonds is 5. The maximum atomic E-state index is 11.5. The largest absolute Gasteiger partial charge is 0.471 e. The zero-order chi connectivity index (χ0) is 17.9. The molecule has 26 heavy (non-hydrogen) atoms. The summed E-state index contributed by atoms with van der Waals surface area (Å²) in [5.41, 5.74) is 2.95. The Morgan fingerprint density at radius 1 is 1.12 bits per heavy atom. The predicted octanol–water partition coefficient (Wildman–Crippen LogP) is 3.25. The molecule has 1 N–H and O–H groups in total. The number of carbonyl (C=O) groups is 1. The number of methoxy groups -OCH3 is 1. The van der Waals surface area contributed by atoms with E-state index in [1.54, 1.807) is 12.3 Å². The number of nitrogens with one attached hydrogen (secondary N) is 1. The summed E-state index contributed by atoms with van der Waals surface area (Å²) in [6.45, 7) is 0.161. The lowest BCUT2D eigenvalue weighted by atomic mass is 10.2. The van der Waals surface area contributed by atoms with Gasteiger partial charge in [-0.05, 0) is 30.3 Å². The van der Waals surface area contributed by atoms with Gasteiger partial charge >= 0.3 is 5.97 Å². The second-order valence-corrected chi connectivity index (χ2v) is 5.60. The Bertz CT molecular complexity index is 1030. The SMILES string of the molecule is COC(=O)c1ccn(COc2ccccc2-c2nc3ccccc3[nH]2)n1. The van der Waals surface area contributed by atoms with Gasteiger partial charge in [0, 0.05) is 6.20 Å². The van der Waals surface area contributed by atoms with Crippen LogP contribution in [0.2, 0.25) is 0 Å². The van der Waals surface area contributed by atoms with Crippen molar-refractivity contribution in [1.29, 1.82) is 0 Å².